The van der Waals surface area contributed by atoms with Crippen molar-refractivity contribution in [2.75, 3.05) is 5.32 Å². The first-order chi connectivity index (χ1) is 11.7. The molecule has 1 heterocycles. The number of nitrogens with one attached hydrogen (secondary N) is 1. The van der Waals surface area contributed by atoms with Gasteiger partial charge in [-0.1, -0.05) is 78.6 Å². The topological polar surface area (TPSA) is 54.9 Å². The zero-order valence-corrected chi connectivity index (χ0v) is 15.6. The van der Waals surface area contributed by atoms with E-state index in [1.165, 1.54) is 48.1 Å². The van der Waals surface area contributed by atoms with Crippen molar-refractivity contribution in [3.8, 4) is 0 Å². The van der Waals surface area contributed by atoms with Gasteiger partial charge in [-0.3, -0.25) is 4.79 Å². The minimum absolute atomic E-state index is 0.0632. The molecule has 1 aromatic heterocycles. The summed E-state index contributed by atoms with van der Waals surface area (Å²) in [6.45, 7) is 2.10. The van der Waals surface area contributed by atoms with E-state index in [0.717, 1.165) is 22.4 Å². The van der Waals surface area contributed by atoms with Crippen LogP contribution in [0.5, 0.6) is 0 Å². The molecule has 1 aromatic carbocycles. The molecule has 1 amide bonds. The minimum atomic E-state index is 0.0632. The van der Waals surface area contributed by atoms with Gasteiger partial charge in [0.05, 0.1) is 0 Å². The Morgan fingerprint density at radius 3 is 2.96 bits per heavy atom. The van der Waals surface area contributed by atoms with E-state index in [0.29, 0.717) is 11.6 Å². The van der Waals surface area contributed by atoms with E-state index in [1.54, 1.807) is 11.8 Å². The Labute approximate surface area is 151 Å². The molecular formula is C18H23N3OS2. The Hall–Kier alpha value is -1.40. The van der Waals surface area contributed by atoms with Crippen molar-refractivity contribution >= 4 is 34.1 Å². The van der Waals surface area contributed by atoms with Crippen LogP contribution in [-0.2, 0) is 10.5 Å². The molecule has 1 saturated carbocycles. The summed E-state index contributed by atoms with van der Waals surface area (Å²) in [4.78, 5) is 12.0. The summed E-state index contributed by atoms with van der Waals surface area (Å²) < 4.78 is 0.891. The van der Waals surface area contributed by atoms with Crippen LogP contribution in [0.4, 0.5) is 5.13 Å². The van der Waals surface area contributed by atoms with Crippen LogP contribution in [0.15, 0.2) is 28.6 Å². The molecule has 4 nitrogen and oxygen atoms in total. The van der Waals surface area contributed by atoms with Crippen molar-refractivity contribution in [1.29, 1.82) is 0 Å². The Morgan fingerprint density at radius 2 is 2.17 bits per heavy atom. The number of aryl methyl sites for hydroxylation is 1. The van der Waals surface area contributed by atoms with Crippen molar-refractivity contribution in [3.63, 3.8) is 0 Å². The molecule has 1 aliphatic carbocycles. The first-order valence-electron chi connectivity index (χ1n) is 8.51. The van der Waals surface area contributed by atoms with Crippen LogP contribution < -0.4 is 5.32 Å². The third-order valence-corrected chi connectivity index (χ3v) is 6.40. The van der Waals surface area contributed by atoms with Crippen LogP contribution in [0.3, 0.4) is 0 Å². The normalized spacial score (nSPS) is 14.9. The van der Waals surface area contributed by atoms with Gasteiger partial charge in [0.25, 0.3) is 0 Å². The van der Waals surface area contributed by atoms with Gasteiger partial charge >= 0.3 is 0 Å². The number of benzene rings is 1. The predicted octanol–water partition coefficient (Wildman–Crippen LogP) is 5.05. The number of hydrogen-bond donors (Lipinski definition) is 1. The SMILES string of the molecule is Cc1cccc(CSc2nnc(NC(=O)CCC3CCCC3)s2)c1. The Kier molecular flexibility index (Phi) is 6.26. The number of carbonyl (C=O) groups excluding carboxylic acids is 1. The fourth-order valence-electron chi connectivity index (χ4n) is 3.08. The summed E-state index contributed by atoms with van der Waals surface area (Å²) in [5, 5.41) is 11.7. The summed E-state index contributed by atoms with van der Waals surface area (Å²) in [5.41, 5.74) is 2.54. The number of rotatable bonds is 7. The lowest BCUT2D eigenvalue weighted by molar-refractivity contribution is -0.116. The molecule has 0 aliphatic heterocycles. The van der Waals surface area contributed by atoms with Gasteiger partial charge in [-0.25, -0.2) is 0 Å². The third kappa shape index (κ3) is 5.31. The van der Waals surface area contributed by atoms with E-state index in [-0.39, 0.29) is 5.91 Å². The smallest absolute Gasteiger partial charge is 0.226 e. The number of aromatic nitrogens is 2. The van der Waals surface area contributed by atoms with Gasteiger partial charge in [-0.15, -0.1) is 10.2 Å². The maximum atomic E-state index is 12.0. The van der Waals surface area contributed by atoms with Crippen LogP contribution in [0, 0.1) is 12.8 Å². The number of carbonyl (C=O) groups is 1. The lowest BCUT2D eigenvalue weighted by Crippen LogP contribution is -2.12. The summed E-state index contributed by atoms with van der Waals surface area (Å²) >= 11 is 3.11. The number of thioether (sulfide) groups is 1. The predicted molar refractivity (Wildman–Crippen MR) is 100 cm³/mol. The molecule has 1 fully saturated rings. The first-order valence-corrected chi connectivity index (χ1v) is 10.3. The second-order valence-corrected chi connectivity index (χ2v) is 8.59. The summed E-state index contributed by atoms with van der Waals surface area (Å²) in [6, 6.07) is 8.46. The molecule has 0 bridgehead atoms. The van der Waals surface area contributed by atoms with Gasteiger partial charge in [0, 0.05) is 12.2 Å². The van der Waals surface area contributed by atoms with Gasteiger partial charge in [0.15, 0.2) is 4.34 Å². The van der Waals surface area contributed by atoms with E-state index in [4.69, 9.17) is 0 Å². The third-order valence-electron chi connectivity index (χ3n) is 4.35. The fourth-order valence-corrected chi connectivity index (χ4v) is 4.79. The number of nitrogens with zero attached hydrogens (tertiary/aromatic N) is 2. The van der Waals surface area contributed by atoms with E-state index in [1.807, 2.05) is 0 Å². The highest BCUT2D eigenvalue weighted by atomic mass is 32.2. The summed E-state index contributed by atoms with van der Waals surface area (Å²) in [6.07, 6.45) is 6.81. The average molecular weight is 362 g/mol. The van der Waals surface area contributed by atoms with Crippen LogP contribution in [0.1, 0.15) is 49.7 Å². The highest BCUT2D eigenvalue weighted by Gasteiger charge is 2.16. The molecule has 24 heavy (non-hydrogen) atoms. The van der Waals surface area contributed by atoms with Crippen molar-refractivity contribution in [1.82, 2.24) is 10.2 Å². The first kappa shape index (κ1) is 17.4. The molecule has 1 N–H and O–H groups in total. The lowest BCUT2D eigenvalue weighted by Gasteiger charge is -2.07. The molecule has 1 aliphatic rings. The van der Waals surface area contributed by atoms with Gasteiger partial charge in [-0.2, -0.15) is 0 Å². The van der Waals surface area contributed by atoms with Crippen LogP contribution in [0.25, 0.3) is 0 Å². The molecule has 0 unspecified atom stereocenters. The van der Waals surface area contributed by atoms with E-state index in [2.05, 4.69) is 46.7 Å². The van der Waals surface area contributed by atoms with Crippen molar-refractivity contribution < 1.29 is 4.79 Å². The van der Waals surface area contributed by atoms with Crippen molar-refractivity contribution in [2.24, 2.45) is 5.92 Å². The minimum Gasteiger partial charge on any atom is -0.301 e. The molecule has 6 heteroatoms. The van der Waals surface area contributed by atoms with E-state index < -0.39 is 0 Å². The van der Waals surface area contributed by atoms with Gasteiger partial charge < -0.3 is 5.32 Å². The standard InChI is InChI=1S/C18H23N3OS2/c1-13-5-4-8-15(11-13)12-23-18-21-20-17(24-18)19-16(22)10-9-14-6-2-3-7-14/h4-5,8,11,14H,2-3,6-7,9-10,12H2,1H3,(H,19,20,22). The van der Waals surface area contributed by atoms with Gasteiger partial charge in [0.2, 0.25) is 11.0 Å². The maximum Gasteiger partial charge on any atom is 0.226 e. The second-order valence-electron chi connectivity index (χ2n) is 6.39. The number of amides is 1. The molecule has 2 aromatic rings. The fraction of sp³-hybridized carbons (Fsp3) is 0.500. The van der Waals surface area contributed by atoms with Crippen LogP contribution >= 0.6 is 23.1 Å². The zero-order chi connectivity index (χ0) is 16.8. The quantitative estimate of drug-likeness (QED) is 0.554. The Morgan fingerprint density at radius 1 is 1.33 bits per heavy atom. The zero-order valence-electron chi connectivity index (χ0n) is 14.0. The highest BCUT2D eigenvalue weighted by Crippen LogP contribution is 2.30. The van der Waals surface area contributed by atoms with Crippen molar-refractivity contribution in [2.45, 2.75) is 55.5 Å². The molecule has 0 spiro atoms. The number of anilines is 1. The molecule has 0 radical (unpaired) electrons. The molecule has 0 atom stereocenters. The van der Waals surface area contributed by atoms with Crippen molar-refractivity contribution in [3.05, 3.63) is 35.4 Å². The van der Waals surface area contributed by atoms with Gasteiger partial charge in [-0.05, 0) is 24.8 Å². The van der Waals surface area contributed by atoms with Gasteiger partial charge in [0.1, 0.15) is 0 Å². The maximum absolute atomic E-state index is 12.0. The number of hydrogen-bond acceptors (Lipinski definition) is 5. The largest absolute Gasteiger partial charge is 0.301 e. The van der Waals surface area contributed by atoms with E-state index in [9.17, 15) is 4.79 Å². The molecule has 3 rings (SSSR count). The summed E-state index contributed by atoms with van der Waals surface area (Å²) in [7, 11) is 0. The van der Waals surface area contributed by atoms with Crippen LogP contribution in [-0.4, -0.2) is 16.1 Å². The molecule has 0 saturated heterocycles. The Bertz CT molecular complexity index is 680. The van der Waals surface area contributed by atoms with E-state index >= 15 is 0 Å². The lowest BCUT2D eigenvalue weighted by atomic mass is 10.0. The average Bonchev–Trinajstić information content (AvgIpc) is 3.23. The summed E-state index contributed by atoms with van der Waals surface area (Å²) in [5.74, 6) is 1.67. The second kappa shape index (κ2) is 8.62. The monoisotopic (exact) mass is 361 g/mol. The van der Waals surface area contributed by atoms with Crippen LogP contribution in [0.2, 0.25) is 0 Å². The molecular weight excluding hydrogens is 338 g/mol. The Balaban J connectivity index is 1.43. The molecule has 128 valence electrons. The highest BCUT2D eigenvalue weighted by molar-refractivity contribution is 8.00.